The van der Waals surface area contributed by atoms with E-state index >= 15 is 0 Å². The van der Waals surface area contributed by atoms with Crippen molar-refractivity contribution in [2.75, 3.05) is 33.4 Å². The molecule has 1 N–H and O–H groups in total. The molecular weight excluding hydrogens is 226 g/mol. The second kappa shape index (κ2) is 7.52. The molecule has 3 heteroatoms. The van der Waals surface area contributed by atoms with Crippen LogP contribution in [0.2, 0.25) is 0 Å². The number of hydrogen-bond acceptors (Lipinski definition) is 3. The zero-order chi connectivity index (χ0) is 13.5. The van der Waals surface area contributed by atoms with Crippen molar-refractivity contribution in [3.05, 3.63) is 34.9 Å². The topological polar surface area (TPSA) is 32.7 Å². The molecule has 0 aliphatic carbocycles. The van der Waals surface area contributed by atoms with E-state index in [4.69, 9.17) is 4.74 Å². The van der Waals surface area contributed by atoms with Crippen molar-refractivity contribution in [3.63, 3.8) is 0 Å². The van der Waals surface area contributed by atoms with Crippen LogP contribution in [-0.4, -0.2) is 43.4 Å². The van der Waals surface area contributed by atoms with Gasteiger partial charge in [-0.1, -0.05) is 23.8 Å². The van der Waals surface area contributed by atoms with Crippen molar-refractivity contribution in [2.24, 2.45) is 0 Å². The Hall–Kier alpha value is -0.900. The van der Waals surface area contributed by atoms with Gasteiger partial charge in [0.2, 0.25) is 0 Å². The Balaban J connectivity index is 2.53. The van der Waals surface area contributed by atoms with Crippen LogP contribution in [0.3, 0.4) is 0 Å². The summed E-state index contributed by atoms with van der Waals surface area (Å²) in [6.45, 7) is 9.02. The van der Waals surface area contributed by atoms with Crippen molar-refractivity contribution >= 4 is 0 Å². The van der Waals surface area contributed by atoms with Gasteiger partial charge in [-0.05, 0) is 38.9 Å². The Morgan fingerprint density at radius 1 is 1.33 bits per heavy atom. The van der Waals surface area contributed by atoms with Crippen molar-refractivity contribution in [2.45, 2.75) is 26.9 Å². The summed E-state index contributed by atoms with van der Waals surface area (Å²) in [5, 5.41) is 10.3. The molecule has 1 aromatic rings. The van der Waals surface area contributed by atoms with Gasteiger partial charge in [-0.2, -0.15) is 0 Å². The average Bonchev–Trinajstić information content (AvgIpc) is 2.32. The molecule has 0 aliphatic rings. The summed E-state index contributed by atoms with van der Waals surface area (Å²) in [4.78, 5) is 2.10. The number of aliphatic hydroxyl groups is 1. The molecule has 3 nitrogen and oxygen atoms in total. The van der Waals surface area contributed by atoms with Crippen LogP contribution >= 0.6 is 0 Å². The zero-order valence-electron chi connectivity index (χ0n) is 11.9. The SMILES string of the molecule is CCOCCN(C)CC(O)c1cc(C)ccc1C. The normalized spacial score (nSPS) is 13.0. The summed E-state index contributed by atoms with van der Waals surface area (Å²) < 4.78 is 5.31. The van der Waals surface area contributed by atoms with Crippen LogP contribution in [0.5, 0.6) is 0 Å². The van der Waals surface area contributed by atoms with Crippen LogP contribution < -0.4 is 0 Å². The monoisotopic (exact) mass is 251 g/mol. The molecule has 0 bridgehead atoms. The van der Waals surface area contributed by atoms with E-state index in [0.717, 1.165) is 24.3 Å². The smallest absolute Gasteiger partial charge is 0.0919 e. The van der Waals surface area contributed by atoms with Gasteiger partial charge >= 0.3 is 0 Å². The van der Waals surface area contributed by atoms with Gasteiger partial charge in [-0.3, -0.25) is 0 Å². The van der Waals surface area contributed by atoms with E-state index in [-0.39, 0.29) is 0 Å². The quantitative estimate of drug-likeness (QED) is 0.755. The lowest BCUT2D eigenvalue weighted by Crippen LogP contribution is -2.28. The highest BCUT2D eigenvalue weighted by Crippen LogP contribution is 2.19. The Bertz CT molecular complexity index is 366. The number of likely N-dealkylation sites (N-methyl/N-ethyl adjacent to an activating group) is 1. The fourth-order valence-electron chi connectivity index (χ4n) is 1.97. The molecule has 0 saturated carbocycles. The zero-order valence-corrected chi connectivity index (χ0v) is 11.9. The molecule has 0 fully saturated rings. The second-order valence-electron chi connectivity index (χ2n) is 4.84. The van der Waals surface area contributed by atoms with Gasteiger partial charge in [-0.15, -0.1) is 0 Å². The summed E-state index contributed by atoms with van der Waals surface area (Å²) in [6, 6.07) is 6.20. The first-order valence-electron chi connectivity index (χ1n) is 6.56. The van der Waals surface area contributed by atoms with Gasteiger partial charge < -0.3 is 14.7 Å². The summed E-state index contributed by atoms with van der Waals surface area (Å²) in [5.41, 5.74) is 3.36. The lowest BCUT2D eigenvalue weighted by atomic mass is 10.0. The highest BCUT2D eigenvalue weighted by Gasteiger charge is 2.13. The van der Waals surface area contributed by atoms with Gasteiger partial charge in [0.1, 0.15) is 0 Å². The molecule has 0 heterocycles. The summed E-state index contributed by atoms with van der Waals surface area (Å²) in [5.74, 6) is 0. The fourth-order valence-corrected chi connectivity index (χ4v) is 1.97. The average molecular weight is 251 g/mol. The van der Waals surface area contributed by atoms with Crippen LogP contribution in [0, 0.1) is 13.8 Å². The first kappa shape index (κ1) is 15.2. The third-order valence-electron chi connectivity index (χ3n) is 3.10. The number of rotatable bonds is 7. The van der Waals surface area contributed by atoms with Gasteiger partial charge in [0.15, 0.2) is 0 Å². The Labute approximate surface area is 110 Å². The van der Waals surface area contributed by atoms with E-state index < -0.39 is 6.10 Å². The van der Waals surface area contributed by atoms with Crippen LogP contribution in [0.4, 0.5) is 0 Å². The van der Waals surface area contributed by atoms with Crippen molar-refractivity contribution in [1.29, 1.82) is 0 Å². The Kier molecular flexibility index (Phi) is 6.33. The van der Waals surface area contributed by atoms with Gasteiger partial charge in [0.05, 0.1) is 12.7 Å². The molecule has 0 amide bonds. The largest absolute Gasteiger partial charge is 0.387 e. The first-order chi connectivity index (χ1) is 8.54. The third-order valence-corrected chi connectivity index (χ3v) is 3.10. The molecule has 1 atom stereocenters. The summed E-state index contributed by atoms with van der Waals surface area (Å²) >= 11 is 0. The van der Waals surface area contributed by atoms with E-state index in [2.05, 4.69) is 30.0 Å². The molecule has 0 spiro atoms. The van der Waals surface area contributed by atoms with E-state index in [1.807, 2.05) is 20.9 Å². The molecule has 102 valence electrons. The fraction of sp³-hybridized carbons (Fsp3) is 0.600. The maximum absolute atomic E-state index is 10.3. The lowest BCUT2D eigenvalue weighted by Gasteiger charge is -2.22. The van der Waals surface area contributed by atoms with E-state index in [0.29, 0.717) is 13.2 Å². The third kappa shape index (κ3) is 4.77. The number of hydrogen-bond donors (Lipinski definition) is 1. The number of ether oxygens (including phenoxy) is 1. The van der Waals surface area contributed by atoms with Gasteiger partial charge in [-0.25, -0.2) is 0 Å². The minimum absolute atomic E-state index is 0.434. The van der Waals surface area contributed by atoms with Gasteiger partial charge in [0.25, 0.3) is 0 Å². The molecule has 1 aromatic carbocycles. The molecule has 18 heavy (non-hydrogen) atoms. The minimum atomic E-state index is -0.434. The highest BCUT2D eigenvalue weighted by atomic mass is 16.5. The first-order valence-corrected chi connectivity index (χ1v) is 6.56. The molecule has 1 unspecified atom stereocenters. The molecule has 0 aliphatic heterocycles. The lowest BCUT2D eigenvalue weighted by molar-refractivity contribution is 0.0888. The van der Waals surface area contributed by atoms with E-state index in [1.54, 1.807) is 0 Å². The number of benzene rings is 1. The van der Waals surface area contributed by atoms with Crippen LogP contribution in [0.15, 0.2) is 18.2 Å². The molecule has 0 aromatic heterocycles. The second-order valence-corrected chi connectivity index (χ2v) is 4.84. The summed E-state index contributed by atoms with van der Waals surface area (Å²) in [6.07, 6.45) is -0.434. The van der Waals surface area contributed by atoms with Gasteiger partial charge in [0, 0.05) is 19.7 Å². The predicted octanol–water partition coefficient (Wildman–Crippen LogP) is 2.31. The minimum Gasteiger partial charge on any atom is -0.387 e. The number of aryl methyl sites for hydroxylation is 2. The van der Waals surface area contributed by atoms with Crippen LogP contribution in [0.1, 0.15) is 29.7 Å². The highest BCUT2D eigenvalue weighted by molar-refractivity contribution is 5.32. The van der Waals surface area contributed by atoms with Crippen molar-refractivity contribution < 1.29 is 9.84 Å². The maximum Gasteiger partial charge on any atom is 0.0919 e. The van der Waals surface area contributed by atoms with Crippen molar-refractivity contribution in [1.82, 2.24) is 4.90 Å². The Morgan fingerprint density at radius 2 is 2.06 bits per heavy atom. The van der Waals surface area contributed by atoms with Crippen LogP contribution in [0.25, 0.3) is 0 Å². The standard InChI is InChI=1S/C15H25NO2/c1-5-18-9-8-16(4)11-15(17)14-10-12(2)6-7-13(14)3/h6-7,10,15,17H,5,8-9,11H2,1-4H3. The molecule has 0 saturated heterocycles. The van der Waals surface area contributed by atoms with Crippen LogP contribution in [-0.2, 0) is 4.74 Å². The maximum atomic E-state index is 10.3. The predicted molar refractivity (Wildman–Crippen MR) is 74.9 cm³/mol. The van der Waals surface area contributed by atoms with E-state index in [9.17, 15) is 5.11 Å². The molecular formula is C15H25NO2. The Morgan fingerprint density at radius 3 is 2.72 bits per heavy atom. The van der Waals surface area contributed by atoms with E-state index in [1.165, 1.54) is 5.56 Å². The summed E-state index contributed by atoms with van der Waals surface area (Å²) in [7, 11) is 2.01. The van der Waals surface area contributed by atoms with Crippen molar-refractivity contribution in [3.8, 4) is 0 Å². The number of aliphatic hydroxyl groups excluding tert-OH is 1. The number of nitrogens with zero attached hydrogens (tertiary/aromatic N) is 1. The molecule has 1 rings (SSSR count). The molecule has 0 radical (unpaired) electrons.